The third kappa shape index (κ3) is 5.49. The van der Waals surface area contributed by atoms with Crippen LogP contribution in [0.3, 0.4) is 0 Å². The highest BCUT2D eigenvalue weighted by atomic mass is 16.5. The molecule has 4 nitrogen and oxygen atoms in total. The molecule has 0 bridgehead atoms. The van der Waals surface area contributed by atoms with Crippen LogP contribution in [-0.4, -0.2) is 36.1 Å². The van der Waals surface area contributed by atoms with Gasteiger partial charge in [0.1, 0.15) is 5.75 Å². The van der Waals surface area contributed by atoms with Gasteiger partial charge in [-0.3, -0.25) is 0 Å². The maximum Gasteiger partial charge on any atom is 0.118 e. The van der Waals surface area contributed by atoms with Crippen LogP contribution in [0.25, 0.3) is 0 Å². The highest BCUT2D eigenvalue weighted by Gasteiger charge is 2.10. The summed E-state index contributed by atoms with van der Waals surface area (Å²) in [7, 11) is 1.64. The molecule has 0 fully saturated rings. The van der Waals surface area contributed by atoms with Crippen LogP contribution in [0.4, 0.5) is 0 Å². The molecule has 1 aromatic carbocycles. The molecule has 0 saturated carbocycles. The highest BCUT2D eigenvalue weighted by Crippen LogP contribution is 2.13. The van der Waals surface area contributed by atoms with E-state index in [0.29, 0.717) is 19.4 Å². The summed E-state index contributed by atoms with van der Waals surface area (Å²) in [6.45, 7) is 2.44. The van der Waals surface area contributed by atoms with Crippen LogP contribution < -0.4 is 4.74 Å². The van der Waals surface area contributed by atoms with E-state index < -0.39 is 6.10 Å². The van der Waals surface area contributed by atoms with E-state index in [1.54, 1.807) is 7.11 Å². The fourth-order valence-corrected chi connectivity index (χ4v) is 1.68. The molecule has 2 N–H and O–H groups in total. The van der Waals surface area contributed by atoms with Crippen molar-refractivity contribution in [3.63, 3.8) is 0 Å². The van der Waals surface area contributed by atoms with Gasteiger partial charge in [0.2, 0.25) is 0 Å². The van der Waals surface area contributed by atoms with Crippen LogP contribution in [0.5, 0.6) is 5.75 Å². The second-order valence-electron chi connectivity index (χ2n) is 4.37. The first-order valence-corrected chi connectivity index (χ1v) is 6.19. The van der Waals surface area contributed by atoms with Crippen molar-refractivity contribution < 1.29 is 19.7 Å². The lowest BCUT2D eigenvalue weighted by atomic mass is 10.1. The summed E-state index contributed by atoms with van der Waals surface area (Å²) in [5, 5.41) is 18.2. The van der Waals surface area contributed by atoms with Crippen LogP contribution in [0.15, 0.2) is 24.3 Å². The summed E-state index contributed by atoms with van der Waals surface area (Å²) in [6.07, 6.45) is 0.405. The predicted octanol–water partition coefficient (Wildman–Crippen LogP) is 1.73. The zero-order chi connectivity index (χ0) is 13.4. The fourth-order valence-electron chi connectivity index (χ4n) is 1.68. The molecule has 4 heteroatoms. The zero-order valence-corrected chi connectivity index (χ0v) is 11.0. The minimum absolute atomic E-state index is 0.00632. The van der Waals surface area contributed by atoms with Crippen molar-refractivity contribution in [1.82, 2.24) is 0 Å². The number of aliphatic hydroxyl groups excluding tert-OH is 2. The van der Waals surface area contributed by atoms with Crippen molar-refractivity contribution >= 4 is 0 Å². The number of benzene rings is 1. The van der Waals surface area contributed by atoms with Crippen LogP contribution in [0.1, 0.15) is 25.3 Å². The van der Waals surface area contributed by atoms with Crippen LogP contribution in [0, 0.1) is 0 Å². The SMILES string of the molecule is COc1ccc(CO[C@H](C)C[C@@H](O)CCO)cc1. The third-order valence-electron chi connectivity index (χ3n) is 2.76. The first-order chi connectivity index (χ1) is 8.65. The maximum absolute atomic E-state index is 9.53. The Morgan fingerprint density at radius 3 is 2.44 bits per heavy atom. The van der Waals surface area contributed by atoms with Gasteiger partial charge in [-0.1, -0.05) is 12.1 Å². The molecule has 0 heterocycles. The number of aliphatic hydroxyl groups is 2. The van der Waals surface area contributed by atoms with Gasteiger partial charge in [-0.05, 0) is 37.5 Å². The Kier molecular flexibility index (Phi) is 6.72. The lowest BCUT2D eigenvalue weighted by molar-refractivity contribution is 0.00901. The Bertz CT molecular complexity index is 323. The molecule has 0 saturated heterocycles. The van der Waals surface area contributed by atoms with Gasteiger partial charge in [0, 0.05) is 6.61 Å². The molecule has 0 aliphatic rings. The van der Waals surface area contributed by atoms with E-state index in [1.165, 1.54) is 0 Å². The number of hydrogen-bond acceptors (Lipinski definition) is 4. The summed E-state index contributed by atoms with van der Waals surface area (Å²) < 4.78 is 10.7. The Hall–Kier alpha value is -1.10. The molecule has 0 amide bonds. The molecule has 0 aromatic heterocycles. The maximum atomic E-state index is 9.53. The van der Waals surface area contributed by atoms with Crippen molar-refractivity contribution in [2.45, 2.75) is 38.6 Å². The molecule has 1 aromatic rings. The molecule has 2 atom stereocenters. The predicted molar refractivity (Wildman–Crippen MR) is 69.6 cm³/mol. The Balaban J connectivity index is 2.30. The molecule has 0 unspecified atom stereocenters. The lowest BCUT2D eigenvalue weighted by Crippen LogP contribution is -2.19. The van der Waals surface area contributed by atoms with Gasteiger partial charge in [0.25, 0.3) is 0 Å². The van der Waals surface area contributed by atoms with Crippen LogP contribution in [0.2, 0.25) is 0 Å². The summed E-state index contributed by atoms with van der Waals surface area (Å²) in [5.41, 5.74) is 1.07. The Morgan fingerprint density at radius 1 is 1.22 bits per heavy atom. The summed E-state index contributed by atoms with van der Waals surface area (Å²) in [4.78, 5) is 0. The molecule has 0 aliphatic carbocycles. The van der Waals surface area contributed by atoms with Gasteiger partial charge in [0.05, 0.1) is 25.9 Å². The Labute approximate surface area is 108 Å². The highest BCUT2D eigenvalue weighted by molar-refractivity contribution is 5.26. The van der Waals surface area contributed by atoms with E-state index in [-0.39, 0.29) is 12.7 Å². The molecule has 1 rings (SSSR count). The second-order valence-corrected chi connectivity index (χ2v) is 4.37. The lowest BCUT2D eigenvalue weighted by Gasteiger charge is -2.16. The van der Waals surface area contributed by atoms with Gasteiger partial charge in [-0.25, -0.2) is 0 Å². The molecule has 18 heavy (non-hydrogen) atoms. The first kappa shape index (κ1) is 15.0. The van der Waals surface area contributed by atoms with Crippen LogP contribution >= 0.6 is 0 Å². The standard InChI is InChI=1S/C14H22O4/c1-11(9-13(16)7-8-15)18-10-12-3-5-14(17-2)6-4-12/h3-6,11,13,15-16H,7-10H2,1-2H3/t11-,13+/m1/s1. The third-order valence-corrected chi connectivity index (χ3v) is 2.76. The first-order valence-electron chi connectivity index (χ1n) is 6.19. The van der Waals surface area contributed by atoms with E-state index in [2.05, 4.69) is 0 Å². The normalized spacial score (nSPS) is 14.2. The average molecular weight is 254 g/mol. The topological polar surface area (TPSA) is 58.9 Å². The van der Waals surface area contributed by atoms with E-state index >= 15 is 0 Å². The van der Waals surface area contributed by atoms with Crippen molar-refractivity contribution in [2.24, 2.45) is 0 Å². The number of ether oxygens (including phenoxy) is 2. The monoisotopic (exact) mass is 254 g/mol. The summed E-state index contributed by atoms with van der Waals surface area (Å²) in [6, 6.07) is 7.69. The molecule has 0 aliphatic heterocycles. The average Bonchev–Trinajstić information content (AvgIpc) is 2.37. The molecule has 0 radical (unpaired) electrons. The van der Waals surface area contributed by atoms with Gasteiger partial charge in [0.15, 0.2) is 0 Å². The molecule has 102 valence electrons. The summed E-state index contributed by atoms with van der Waals surface area (Å²) >= 11 is 0. The van der Waals surface area contributed by atoms with Gasteiger partial charge in [-0.15, -0.1) is 0 Å². The number of rotatable bonds is 8. The van der Waals surface area contributed by atoms with Gasteiger partial charge in [-0.2, -0.15) is 0 Å². The van der Waals surface area contributed by atoms with E-state index in [0.717, 1.165) is 11.3 Å². The molecular formula is C14H22O4. The molecule has 0 spiro atoms. The Morgan fingerprint density at radius 2 is 1.89 bits per heavy atom. The summed E-state index contributed by atoms with van der Waals surface area (Å²) in [5.74, 6) is 0.824. The minimum atomic E-state index is -0.499. The second kappa shape index (κ2) is 8.08. The minimum Gasteiger partial charge on any atom is -0.497 e. The van der Waals surface area contributed by atoms with Crippen molar-refractivity contribution in [1.29, 1.82) is 0 Å². The van der Waals surface area contributed by atoms with E-state index in [9.17, 15) is 5.11 Å². The molecular weight excluding hydrogens is 232 g/mol. The van der Waals surface area contributed by atoms with E-state index in [4.69, 9.17) is 14.6 Å². The van der Waals surface area contributed by atoms with Crippen molar-refractivity contribution in [2.75, 3.05) is 13.7 Å². The van der Waals surface area contributed by atoms with Crippen molar-refractivity contribution in [3.05, 3.63) is 29.8 Å². The van der Waals surface area contributed by atoms with E-state index in [1.807, 2.05) is 31.2 Å². The van der Waals surface area contributed by atoms with Gasteiger partial charge >= 0.3 is 0 Å². The van der Waals surface area contributed by atoms with Crippen LogP contribution in [-0.2, 0) is 11.3 Å². The fraction of sp³-hybridized carbons (Fsp3) is 0.571. The number of methoxy groups -OCH3 is 1. The smallest absolute Gasteiger partial charge is 0.118 e. The van der Waals surface area contributed by atoms with Crippen molar-refractivity contribution in [3.8, 4) is 5.75 Å². The zero-order valence-electron chi connectivity index (χ0n) is 11.0. The van der Waals surface area contributed by atoms with Gasteiger partial charge < -0.3 is 19.7 Å². The quantitative estimate of drug-likeness (QED) is 0.742. The number of hydrogen-bond donors (Lipinski definition) is 2. The largest absolute Gasteiger partial charge is 0.497 e.